The number of rotatable bonds is 2. The fourth-order valence-electron chi connectivity index (χ4n) is 2.67. The summed E-state index contributed by atoms with van der Waals surface area (Å²) in [5.41, 5.74) is 1.34. The number of nitrogens with zero attached hydrogens (tertiary/aromatic N) is 2. The van der Waals surface area contributed by atoms with Crippen LogP contribution in [0.2, 0.25) is 0 Å². The van der Waals surface area contributed by atoms with E-state index in [2.05, 4.69) is 10.3 Å². The maximum absolute atomic E-state index is 13.6. The van der Waals surface area contributed by atoms with Crippen LogP contribution in [0.1, 0.15) is 32.0 Å². The molecule has 0 radical (unpaired) electrons. The van der Waals surface area contributed by atoms with Gasteiger partial charge in [-0.15, -0.1) is 0 Å². The Morgan fingerprint density at radius 1 is 1.35 bits per heavy atom. The van der Waals surface area contributed by atoms with Gasteiger partial charge in [0.05, 0.1) is 11.6 Å². The van der Waals surface area contributed by atoms with Gasteiger partial charge in [-0.25, -0.2) is 9.37 Å². The summed E-state index contributed by atoms with van der Waals surface area (Å²) >= 11 is 1.40. The number of hydrogen-bond donors (Lipinski definition) is 1. The Morgan fingerprint density at radius 3 is 2.73 bits per heavy atom. The van der Waals surface area contributed by atoms with Gasteiger partial charge < -0.3 is 5.32 Å². The molecule has 1 aromatic heterocycles. The molecular weight excluding hydrogens is 353 g/mol. The highest BCUT2D eigenvalue weighted by Gasteiger charge is 2.28. The molecule has 5 nitrogen and oxygen atoms in total. The van der Waals surface area contributed by atoms with Crippen LogP contribution in [0.15, 0.2) is 34.2 Å². The normalized spacial score (nSPS) is 16.9. The minimum Gasteiger partial charge on any atom is -0.326 e. The van der Waals surface area contributed by atoms with Crippen molar-refractivity contribution in [3.63, 3.8) is 0 Å². The third kappa shape index (κ3) is 3.82. The number of hydrogen-bond acceptors (Lipinski definition) is 4. The summed E-state index contributed by atoms with van der Waals surface area (Å²) in [6, 6.07) is 6.14. The molecule has 1 atom stereocenters. The highest BCUT2D eigenvalue weighted by molar-refractivity contribution is 7.99. The summed E-state index contributed by atoms with van der Waals surface area (Å²) in [7, 11) is 0. The molecule has 26 heavy (non-hydrogen) atoms. The largest absolute Gasteiger partial charge is 0.326 e. The van der Waals surface area contributed by atoms with Crippen LogP contribution in [0.4, 0.5) is 10.1 Å². The van der Waals surface area contributed by atoms with E-state index in [1.54, 1.807) is 29.7 Å². The van der Waals surface area contributed by atoms with Crippen LogP contribution in [0.5, 0.6) is 0 Å². The Hall–Kier alpha value is -2.15. The second-order valence-electron chi connectivity index (χ2n) is 7.58. The lowest BCUT2D eigenvalue weighted by molar-refractivity contribution is -0.119. The molecule has 0 saturated heterocycles. The zero-order valence-electron chi connectivity index (χ0n) is 15.3. The first-order valence-electron chi connectivity index (χ1n) is 8.47. The molecule has 7 heteroatoms. The zero-order chi connectivity index (χ0) is 19.1. The molecule has 0 aliphatic carbocycles. The number of thioether (sulfide) groups is 1. The lowest BCUT2D eigenvalue weighted by atomic mass is 9.92. The number of anilines is 1. The summed E-state index contributed by atoms with van der Waals surface area (Å²) in [6.07, 6.45) is 0. The molecule has 0 fully saturated rings. The molecule has 0 bridgehead atoms. The first kappa shape index (κ1) is 18.6. The maximum Gasteiger partial charge on any atom is 0.254 e. The number of nitrogens with one attached hydrogen (secondary N) is 1. The van der Waals surface area contributed by atoms with Crippen LogP contribution < -0.4 is 10.9 Å². The molecule has 1 aliphatic rings. The first-order valence-corrected chi connectivity index (χ1v) is 9.46. The van der Waals surface area contributed by atoms with Gasteiger partial charge in [-0.05, 0) is 24.6 Å². The molecule has 3 rings (SSSR count). The molecule has 0 saturated carbocycles. The highest BCUT2D eigenvalue weighted by atomic mass is 32.2. The van der Waals surface area contributed by atoms with Crippen LogP contribution in [-0.4, -0.2) is 21.2 Å². The second-order valence-corrected chi connectivity index (χ2v) is 8.57. The van der Waals surface area contributed by atoms with E-state index < -0.39 is 0 Å². The van der Waals surface area contributed by atoms with E-state index in [0.717, 1.165) is 5.69 Å². The number of halogens is 1. The van der Waals surface area contributed by atoms with Gasteiger partial charge >= 0.3 is 0 Å². The van der Waals surface area contributed by atoms with Crippen molar-refractivity contribution in [2.75, 3.05) is 11.1 Å². The summed E-state index contributed by atoms with van der Waals surface area (Å²) in [4.78, 5) is 29.6. The third-order valence-corrected chi connectivity index (χ3v) is 5.51. The van der Waals surface area contributed by atoms with Crippen molar-refractivity contribution in [3.8, 4) is 0 Å². The Balaban J connectivity index is 1.78. The minimum absolute atomic E-state index is 0.147. The van der Waals surface area contributed by atoms with Crippen LogP contribution in [0, 0.1) is 18.7 Å². The molecule has 2 aromatic rings. The fraction of sp³-hybridized carbons (Fsp3) is 0.421. The van der Waals surface area contributed by atoms with Gasteiger partial charge in [0.1, 0.15) is 5.82 Å². The maximum atomic E-state index is 13.6. The number of aromatic nitrogens is 2. The van der Waals surface area contributed by atoms with Crippen molar-refractivity contribution >= 4 is 23.4 Å². The quantitative estimate of drug-likeness (QED) is 0.818. The molecular formula is C19H22FN3O2S. The number of carbonyl (C=O) groups excluding carboxylic acids is 1. The van der Waals surface area contributed by atoms with Crippen LogP contribution in [0.3, 0.4) is 0 Å². The molecule has 0 unspecified atom stereocenters. The number of benzene rings is 1. The third-order valence-electron chi connectivity index (χ3n) is 4.37. The van der Waals surface area contributed by atoms with Crippen molar-refractivity contribution in [3.05, 3.63) is 51.7 Å². The van der Waals surface area contributed by atoms with Crippen molar-refractivity contribution in [2.45, 2.75) is 44.8 Å². The Labute approximate surface area is 156 Å². The van der Waals surface area contributed by atoms with Gasteiger partial charge in [0.2, 0.25) is 5.91 Å². The SMILES string of the molecule is Cc1ccc(NC(=O)[C@H]2CSc3nc(C(C)(C)C)cc(=O)n3C2)cc1F. The van der Waals surface area contributed by atoms with Gasteiger partial charge in [0, 0.05) is 29.5 Å². The lowest BCUT2D eigenvalue weighted by Crippen LogP contribution is -2.37. The van der Waals surface area contributed by atoms with Gasteiger partial charge in [0.25, 0.3) is 5.56 Å². The average Bonchev–Trinajstić information content (AvgIpc) is 2.57. The first-order chi connectivity index (χ1) is 12.1. The number of amides is 1. The van der Waals surface area contributed by atoms with Crippen LogP contribution in [0.25, 0.3) is 0 Å². The van der Waals surface area contributed by atoms with E-state index in [-0.39, 0.29) is 35.2 Å². The summed E-state index contributed by atoms with van der Waals surface area (Å²) in [5.74, 6) is -0.434. The lowest BCUT2D eigenvalue weighted by Gasteiger charge is -2.26. The van der Waals surface area contributed by atoms with E-state index in [1.165, 1.54) is 17.8 Å². The van der Waals surface area contributed by atoms with Crippen LogP contribution >= 0.6 is 11.8 Å². The van der Waals surface area contributed by atoms with E-state index in [1.807, 2.05) is 20.8 Å². The molecule has 2 heterocycles. The number of carbonyl (C=O) groups is 1. The topological polar surface area (TPSA) is 64.0 Å². The Kier molecular flexibility index (Phi) is 4.92. The van der Waals surface area contributed by atoms with Gasteiger partial charge in [-0.1, -0.05) is 38.6 Å². The van der Waals surface area contributed by atoms with Crippen LogP contribution in [-0.2, 0) is 16.8 Å². The zero-order valence-corrected chi connectivity index (χ0v) is 16.1. The van der Waals surface area contributed by atoms with Crippen molar-refractivity contribution < 1.29 is 9.18 Å². The summed E-state index contributed by atoms with van der Waals surface area (Å²) in [5, 5.41) is 3.38. The van der Waals surface area contributed by atoms with Crippen molar-refractivity contribution in [1.82, 2.24) is 9.55 Å². The molecule has 1 amide bonds. The Bertz CT molecular complexity index is 918. The van der Waals surface area contributed by atoms with Crippen molar-refractivity contribution in [2.24, 2.45) is 5.92 Å². The van der Waals surface area contributed by atoms with Gasteiger partial charge in [-0.3, -0.25) is 14.2 Å². The van der Waals surface area contributed by atoms with E-state index in [4.69, 9.17) is 0 Å². The van der Waals surface area contributed by atoms with E-state index in [9.17, 15) is 14.0 Å². The number of aryl methyl sites for hydroxylation is 1. The van der Waals surface area contributed by atoms with Crippen molar-refractivity contribution in [1.29, 1.82) is 0 Å². The molecule has 1 aromatic carbocycles. The molecule has 0 spiro atoms. The molecule has 1 N–H and O–H groups in total. The summed E-state index contributed by atoms with van der Waals surface area (Å²) < 4.78 is 15.2. The second kappa shape index (κ2) is 6.87. The minimum atomic E-state index is -0.378. The van der Waals surface area contributed by atoms with E-state index in [0.29, 0.717) is 22.2 Å². The molecule has 138 valence electrons. The molecule has 1 aliphatic heterocycles. The average molecular weight is 375 g/mol. The van der Waals surface area contributed by atoms with E-state index >= 15 is 0 Å². The fourth-order valence-corrected chi connectivity index (χ4v) is 3.76. The standard InChI is InChI=1S/C19H22FN3O2S/c1-11-5-6-13(7-14(11)20)21-17(25)12-9-23-16(24)8-15(19(2,3)4)22-18(23)26-10-12/h5-8,12H,9-10H2,1-4H3,(H,21,25)/t12-/m1/s1. The predicted molar refractivity (Wildman–Crippen MR) is 101 cm³/mol. The van der Waals surface area contributed by atoms with Gasteiger partial charge in [-0.2, -0.15) is 0 Å². The highest BCUT2D eigenvalue weighted by Crippen LogP contribution is 2.28. The number of fused-ring (bicyclic) bond motifs is 1. The smallest absolute Gasteiger partial charge is 0.254 e. The predicted octanol–water partition coefficient (Wildman–Crippen LogP) is 3.35. The van der Waals surface area contributed by atoms with Gasteiger partial charge in [0.15, 0.2) is 5.16 Å². The summed E-state index contributed by atoms with van der Waals surface area (Å²) in [6.45, 7) is 7.97. The Morgan fingerprint density at radius 2 is 2.08 bits per heavy atom. The monoisotopic (exact) mass is 375 g/mol.